The highest BCUT2D eigenvalue weighted by atomic mass is 19.1. The molecule has 6 nitrogen and oxygen atoms in total. The van der Waals surface area contributed by atoms with Crippen molar-refractivity contribution < 1.29 is 14.0 Å². The van der Waals surface area contributed by atoms with E-state index >= 15 is 4.39 Å². The highest BCUT2D eigenvalue weighted by Gasteiger charge is 2.29. The van der Waals surface area contributed by atoms with Crippen LogP contribution in [0.5, 0.6) is 0 Å². The fraction of sp³-hybridized carbons (Fsp3) is 0.333. The predicted octanol–water partition coefficient (Wildman–Crippen LogP) is 5.21. The van der Waals surface area contributed by atoms with Gasteiger partial charge in [-0.2, -0.15) is 0 Å². The average Bonchev–Trinajstić information content (AvgIpc) is 2.92. The summed E-state index contributed by atoms with van der Waals surface area (Å²) in [4.78, 5) is 30.8. The SMILES string of the molecule is CCN(CC)C(=O)c1ccc(N(c2cccc(C(N)=O)c2F)C2CCN(Cc3ccccc3)CC2)cc1. The van der Waals surface area contributed by atoms with Gasteiger partial charge < -0.3 is 15.5 Å². The van der Waals surface area contributed by atoms with E-state index in [1.165, 1.54) is 11.6 Å². The molecule has 0 aromatic heterocycles. The summed E-state index contributed by atoms with van der Waals surface area (Å²) in [5.41, 5.74) is 8.29. The minimum absolute atomic E-state index is 0.0222. The maximum absolute atomic E-state index is 15.6. The summed E-state index contributed by atoms with van der Waals surface area (Å²) in [5.74, 6) is -1.44. The number of hydrogen-bond acceptors (Lipinski definition) is 4. The van der Waals surface area contributed by atoms with Crippen molar-refractivity contribution in [3.63, 3.8) is 0 Å². The maximum atomic E-state index is 15.6. The second-order valence-electron chi connectivity index (χ2n) is 9.39. The molecule has 194 valence electrons. The van der Waals surface area contributed by atoms with Gasteiger partial charge in [-0.15, -0.1) is 0 Å². The Morgan fingerprint density at radius 3 is 2.16 bits per heavy atom. The van der Waals surface area contributed by atoms with Crippen LogP contribution in [0.25, 0.3) is 0 Å². The van der Waals surface area contributed by atoms with Crippen molar-refractivity contribution in [2.75, 3.05) is 31.1 Å². The van der Waals surface area contributed by atoms with Crippen molar-refractivity contribution in [3.05, 3.63) is 95.3 Å². The lowest BCUT2D eigenvalue weighted by Gasteiger charge is -2.40. The molecule has 0 aliphatic carbocycles. The lowest BCUT2D eigenvalue weighted by molar-refractivity contribution is 0.0772. The predicted molar refractivity (Wildman–Crippen MR) is 145 cm³/mol. The molecule has 1 saturated heterocycles. The lowest BCUT2D eigenvalue weighted by atomic mass is 9.99. The zero-order valence-electron chi connectivity index (χ0n) is 21.6. The van der Waals surface area contributed by atoms with Crippen LogP contribution in [0.2, 0.25) is 0 Å². The Labute approximate surface area is 218 Å². The summed E-state index contributed by atoms with van der Waals surface area (Å²) >= 11 is 0. The largest absolute Gasteiger partial charge is 0.366 e. The highest BCUT2D eigenvalue weighted by molar-refractivity contribution is 5.95. The van der Waals surface area contributed by atoms with Crippen LogP contribution in [-0.4, -0.2) is 53.8 Å². The number of anilines is 2. The Hall–Kier alpha value is -3.71. The van der Waals surface area contributed by atoms with Gasteiger partial charge in [0.25, 0.3) is 11.8 Å². The zero-order valence-corrected chi connectivity index (χ0v) is 21.6. The number of hydrogen-bond donors (Lipinski definition) is 1. The zero-order chi connectivity index (χ0) is 26.4. The van der Waals surface area contributed by atoms with Crippen LogP contribution in [0.1, 0.15) is 53.0 Å². The van der Waals surface area contributed by atoms with E-state index in [1.54, 1.807) is 29.2 Å². The number of benzene rings is 3. The van der Waals surface area contributed by atoms with Gasteiger partial charge in [0, 0.05) is 50.0 Å². The number of nitrogens with zero attached hydrogens (tertiary/aromatic N) is 3. The van der Waals surface area contributed by atoms with Crippen molar-refractivity contribution >= 4 is 23.2 Å². The van der Waals surface area contributed by atoms with Crippen LogP contribution < -0.4 is 10.6 Å². The maximum Gasteiger partial charge on any atom is 0.253 e. The third kappa shape index (κ3) is 6.00. The van der Waals surface area contributed by atoms with Crippen molar-refractivity contribution in [1.82, 2.24) is 9.80 Å². The summed E-state index contributed by atoms with van der Waals surface area (Å²) in [6, 6.07) is 22.5. The Morgan fingerprint density at radius 1 is 0.919 bits per heavy atom. The molecular weight excluding hydrogens is 467 g/mol. The summed E-state index contributed by atoms with van der Waals surface area (Å²) in [7, 11) is 0. The molecule has 3 aromatic carbocycles. The van der Waals surface area contributed by atoms with Gasteiger partial charge in [-0.25, -0.2) is 4.39 Å². The van der Waals surface area contributed by atoms with Gasteiger partial charge in [-0.1, -0.05) is 36.4 Å². The quantitative estimate of drug-likeness (QED) is 0.436. The fourth-order valence-electron chi connectivity index (χ4n) is 5.08. The molecule has 37 heavy (non-hydrogen) atoms. The third-order valence-electron chi connectivity index (χ3n) is 7.12. The molecule has 0 saturated carbocycles. The number of primary amides is 1. The molecule has 0 radical (unpaired) electrons. The van der Waals surface area contributed by atoms with Gasteiger partial charge in [0.15, 0.2) is 5.82 Å². The van der Waals surface area contributed by atoms with E-state index in [9.17, 15) is 9.59 Å². The van der Waals surface area contributed by atoms with E-state index in [2.05, 4.69) is 17.0 Å². The van der Waals surface area contributed by atoms with E-state index in [0.29, 0.717) is 24.3 Å². The topological polar surface area (TPSA) is 69.9 Å². The molecule has 4 rings (SSSR count). The van der Waals surface area contributed by atoms with E-state index in [0.717, 1.165) is 38.2 Å². The second kappa shape index (κ2) is 12.0. The standard InChI is InChI=1S/C30H35FN4O2/c1-3-34(4-2)30(37)23-13-15-24(16-14-23)35(27-12-8-11-26(28(27)31)29(32)36)25-17-19-33(20-18-25)21-22-9-6-5-7-10-22/h5-16,25H,3-4,17-21H2,1-2H3,(H2,32,36). The first-order valence-corrected chi connectivity index (χ1v) is 13.0. The van der Waals surface area contributed by atoms with Gasteiger partial charge in [0.2, 0.25) is 0 Å². The van der Waals surface area contributed by atoms with Gasteiger partial charge in [0.05, 0.1) is 11.3 Å². The number of rotatable bonds is 9. The van der Waals surface area contributed by atoms with Crippen molar-refractivity contribution in [3.8, 4) is 0 Å². The molecule has 2 amide bonds. The number of piperidine rings is 1. The molecule has 0 bridgehead atoms. The summed E-state index contributed by atoms with van der Waals surface area (Å²) in [6.07, 6.45) is 1.65. The van der Waals surface area contributed by atoms with Gasteiger partial charge in [-0.3, -0.25) is 14.5 Å². The second-order valence-corrected chi connectivity index (χ2v) is 9.39. The summed E-state index contributed by atoms with van der Waals surface area (Å²) in [6.45, 7) is 7.79. The van der Waals surface area contributed by atoms with Crippen LogP contribution in [0.3, 0.4) is 0 Å². The molecule has 1 fully saturated rings. The van der Waals surface area contributed by atoms with Crippen LogP contribution in [0, 0.1) is 5.82 Å². The van der Waals surface area contributed by atoms with Gasteiger partial charge in [-0.05, 0) is 68.7 Å². The smallest absolute Gasteiger partial charge is 0.253 e. The van der Waals surface area contributed by atoms with Crippen LogP contribution in [0.15, 0.2) is 72.8 Å². The van der Waals surface area contributed by atoms with E-state index in [4.69, 9.17) is 5.73 Å². The van der Waals surface area contributed by atoms with E-state index in [1.807, 2.05) is 49.1 Å². The molecule has 1 aliphatic rings. The van der Waals surface area contributed by atoms with Crippen molar-refractivity contribution in [2.45, 2.75) is 39.3 Å². The summed E-state index contributed by atoms with van der Waals surface area (Å²) < 4.78 is 15.6. The minimum Gasteiger partial charge on any atom is -0.366 e. The molecule has 1 heterocycles. The Balaban J connectivity index is 1.62. The first kappa shape index (κ1) is 26.4. The summed E-state index contributed by atoms with van der Waals surface area (Å²) in [5, 5.41) is 0. The Bertz CT molecular complexity index is 1200. The van der Waals surface area contributed by atoms with Crippen LogP contribution >= 0.6 is 0 Å². The molecule has 1 aliphatic heterocycles. The minimum atomic E-state index is -0.794. The molecule has 7 heteroatoms. The number of nitrogens with two attached hydrogens (primary N) is 1. The molecule has 2 N–H and O–H groups in total. The number of halogens is 1. The van der Waals surface area contributed by atoms with Gasteiger partial charge >= 0.3 is 0 Å². The highest BCUT2D eigenvalue weighted by Crippen LogP contribution is 2.35. The Morgan fingerprint density at radius 2 is 1.57 bits per heavy atom. The first-order valence-electron chi connectivity index (χ1n) is 13.0. The lowest BCUT2D eigenvalue weighted by Crippen LogP contribution is -2.43. The number of likely N-dealkylation sites (tertiary alicyclic amines) is 1. The fourth-order valence-corrected chi connectivity index (χ4v) is 5.08. The van der Waals surface area contributed by atoms with E-state index < -0.39 is 11.7 Å². The van der Waals surface area contributed by atoms with Crippen LogP contribution in [-0.2, 0) is 6.54 Å². The normalized spacial score (nSPS) is 14.4. The van der Waals surface area contributed by atoms with Gasteiger partial charge in [0.1, 0.15) is 0 Å². The van der Waals surface area contributed by atoms with Crippen LogP contribution in [0.4, 0.5) is 15.8 Å². The molecule has 0 spiro atoms. The number of carbonyl (C=O) groups is 2. The molecule has 3 aromatic rings. The number of amides is 2. The molecule has 0 atom stereocenters. The third-order valence-corrected chi connectivity index (χ3v) is 7.12. The first-order chi connectivity index (χ1) is 17.9. The number of carbonyl (C=O) groups excluding carboxylic acids is 2. The monoisotopic (exact) mass is 502 g/mol. The van der Waals surface area contributed by atoms with Crippen molar-refractivity contribution in [1.29, 1.82) is 0 Å². The van der Waals surface area contributed by atoms with E-state index in [-0.39, 0.29) is 17.5 Å². The molecule has 0 unspecified atom stereocenters. The Kier molecular flexibility index (Phi) is 8.56. The molecular formula is C30H35FN4O2. The van der Waals surface area contributed by atoms with Crippen molar-refractivity contribution in [2.24, 2.45) is 5.73 Å². The average molecular weight is 503 g/mol.